The minimum atomic E-state index is -3.65. The molecule has 0 radical (unpaired) electrons. The minimum absolute atomic E-state index is 0.0567. The van der Waals surface area contributed by atoms with Crippen LogP contribution in [0.25, 0.3) is 5.69 Å². The number of nitrogens with zero attached hydrogens (tertiary/aromatic N) is 4. The molecule has 0 saturated carbocycles. The second-order valence-corrected chi connectivity index (χ2v) is 12.1. The molecule has 0 bridgehead atoms. The first-order valence-electron chi connectivity index (χ1n) is 12.8. The molecule has 9 heteroatoms. The lowest BCUT2D eigenvalue weighted by Gasteiger charge is -2.23. The van der Waals surface area contributed by atoms with E-state index >= 15 is 0 Å². The predicted molar refractivity (Wildman–Crippen MR) is 157 cm³/mol. The Morgan fingerprint density at radius 3 is 1.75 bits per heavy atom. The van der Waals surface area contributed by atoms with Crippen LogP contribution >= 0.6 is 11.8 Å². The van der Waals surface area contributed by atoms with E-state index in [1.807, 2.05) is 95.9 Å². The van der Waals surface area contributed by atoms with Gasteiger partial charge in [0.15, 0.2) is 20.8 Å². The highest BCUT2D eigenvalue weighted by Crippen LogP contribution is 2.25. The van der Waals surface area contributed by atoms with Crippen LogP contribution < -0.4 is 0 Å². The number of amides is 1. The zero-order valence-corrected chi connectivity index (χ0v) is 23.3. The number of hydrogen-bond acceptors (Lipinski definition) is 6. The van der Waals surface area contributed by atoms with Gasteiger partial charge in [-0.25, -0.2) is 8.42 Å². The Kier molecular flexibility index (Phi) is 8.73. The Balaban J connectivity index is 1.39. The van der Waals surface area contributed by atoms with Crippen molar-refractivity contribution >= 4 is 27.5 Å². The Hall–Kier alpha value is -4.21. The molecule has 1 heterocycles. The number of aromatic nitrogens is 3. The maximum Gasteiger partial charge on any atom is 0.233 e. The van der Waals surface area contributed by atoms with Crippen molar-refractivity contribution in [3.8, 4) is 5.69 Å². The summed E-state index contributed by atoms with van der Waals surface area (Å²) in [5.41, 5.74) is 2.81. The smallest absolute Gasteiger partial charge is 0.233 e. The second kappa shape index (κ2) is 12.8. The van der Waals surface area contributed by atoms with Crippen LogP contribution in [0.2, 0.25) is 0 Å². The van der Waals surface area contributed by atoms with Gasteiger partial charge in [-0.15, -0.1) is 10.2 Å². The fourth-order valence-corrected chi connectivity index (χ4v) is 6.40. The SMILES string of the molecule is O=C(CSc1nnc(CS(=O)(=O)c2ccccc2)n1-c1ccccc1)N(Cc1ccccc1)Cc1ccccc1. The molecular formula is C31H28N4O3S2. The average molecular weight is 569 g/mol. The summed E-state index contributed by atoms with van der Waals surface area (Å²) in [6, 6.07) is 37.4. The first-order valence-corrected chi connectivity index (χ1v) is 15.4. The van der Waals surface area contributed by atoms with E-state index in [0.29, 0.717) is 18.2 Å². The molecule has 4 aromatic carbocycles. The molecular weight excluding hydrogens is 541 g/mol. The van der Waals surface area contributed by atoms with Crippen molar-refractivity contribution < 1.29 is 13.2 Å². The molecule has 0 aliphatic heterocycles. The molecule has 40 heavy (non-hydrogen) atoms. The molecule has 0 aliphatic carbocycles. The van der Waals surface area contributed by atoms with Crippen LogP contribution in [-0.2, 0) is 33.5 Å². The van der Waals surface area contributed by atoms with E-state index in [0.717, 1.165) is 16.8 Å². The van der Waals surface area contributed by atoms with Crippen LogP contribution in [-0.4, -0.2) is 39.7 Å². The van der Waals surface area contributed by atoms with E-state index in [1.165, 1.54) is 11.8 Å². The Bertz CT molecular complexity index is 1600. The molecule has 5 rings (SSSR count). The Morgan fingerprint density at radius 1 is 0.700 bits per heavy atom. The van der Waals surface area contributed by atoms with Crippen molar-refractivity contribution in [2.45, 2.75) is 28.9 Å². The molecule has 1 amide bonds. The zero-order valence-electron chi connectivity index (χ0n) is 21.7. The maximum atomic E-state index is 13.5. The summed E-state index contributed by atoms with van der Waals surface area (Å²) in [4.78, 5) is 15.6. The summed E-state index contributed by atoms with van der Waals surface area (Å²) >= 11 is 1.25. The van der Waals surface area contributed by atoms with E-state index in [4.69, 9.17) is 0 Å². The topological polar surface area (TPSA) is 85.2 Å². The molecule has 7 nitrogen and oxygen atoms in total. The van der Waals surface area contributed by atoms with Gasteiger partial charge < -0.3 is 4.90 Å². The summed E-state index contributed by atoms with van der Waals surface area (Å²) < 4.78 is 28.0. The Morgan fingerprint density at radius 2 is 1.20 bits per heavy atom. The third kappa shape index (κ3) is 6.86. The summed E-state index contributed by atoms with van der Waals surface area (Å²) in [6.07, 6.45) is 0. The highest BCUT2D eigenvalue weighted by Gasteiger charge is 2.24. The monoisotopic (exact) mass is 568 g/mol. The number of sulfone groups is 1. The third-order valence-electron chi connectivity index (χ3n) is 6.25. The second-order valence-electron chi connectivity index (χ2n) is 9.15. The maximum absolute atomic E-state index is 13.5. The van der Waals surface area contributed by atoms with E-state index in [-0.39, 0.29) is 28.1 Å². The van der Waals surface area contributed by atoms with Crippen molar-refractivity contribution in [2.24, 2.45) is 0 Å². The van der Waals surface area contributed by atoms with Crippen molar-refractivity contribution in [1.29, 1.82) is 0 Å². The summed E-state index contributed by atoms with van der Waals surface area (Å²) in [5, 5.41) is 9.02. The van der Waals surface area contributed by atoms with E-state index in [1.54, 1.807) is 34.9 Å². The number of thioether (sulfide) groups is 1. The fraction of sp³-hybridized carbons (Fsp3) is 0.129. The van der Waals surface area contributed by atoms with Gasteiger partial charge in [-0.3, -0.25) is 9.36 Å². The minimum Gasteiger partial charge on any atom is -0.333 e. The summed E-state index contributed by atoms with van der Waals surface area (Å²) in [5.74, 6) is 0.0339. The first kappa shape index (κ1) is 27.4. The Labute approximate surface area is 238 Å². The normalized spacial score (nSPS) is 11.3. The van der Waals surface area contributed by atoms with Gasteiger partial charge in [0.2, 0.25) is 5.91 Å². The molecule has 0 saturated heterocycles. The van der Waals surface area contributed by atoms with Crippen LogP contribution in [0, 0.1) is 0 Å². The molecule has 5 aromatic rings. The quantitative estimate of drug-likeness (QED) is 0.194. The van der Waals surface area contributed by atoms with Gasteiger partial charge in [-0.2, -0.15) is 0 Å². The van der Waals surface area contributed by atoms with Crippen LogP contribution in [0.1, 0.15) is 17.0 Å². The highest BCUT2D eigenvalue weighted by atomic mass is 32.2. The van der Waals surface area contributed by atoms with Crippen molar-refractivity contribution in [3.63, 3.8) is 0 Å². The highest BCUT2D eigenvalue weighted by molar-refractivity contribution is 7.99. The summed E-state index contributed by atoms with van der Waals surface area (Å²) in [6.45, 7) is 0.947. The fourth-order valence-electron chi connectivity index (χ4n) is 4.26. The van der Waals surface area contributed by atoms with Gasteiger partial charge in [-0.1, -0.05) is 109 Å². The van der Waals surface area contributed by atoms with Gasteiger partial charge in [0.1, 0.15) is 5.75 Å². The molecule has 1 aromatic heterocycles. The number of benzene rings is 4. The van der Waals surface area contributed by atoms with Crippen molar-refractivity contribution in [2.75, 3.05) is 5.75 Å². The molecule has 0 atom stereocenters. The molecule has 0 fully saturated rings. The largest absolute Gasteiger partial charge is 0.333 e. The van der Waals surface area contributed by atoms with Crippen molar-refractivity contribution in [1.82, 2.24) is 19.7 Å². The lowest BCUT2D eigenvalue weighted by atomic mass is 10.1. The number of rotatable bonds is 11. The molecule has 202 valence electrons. The van der Waals surface area contributed by atoms with Gasteiger partial charge in [0.05, 0.1) is 10.6 Å². The standard InChI is InChI=1S/C31H28N4O3S2/c36-30(34(21-25-13-5-1-6-14-25)22-26-15-7-2-8-16-26)23-39-31-33-32-29(35(31)27-17-9-3-10-18-27)24-40(37,38)28-19-11-4-12-20-28/h1-20H,21-24H2. The lowest BCUT2D eigenvalue weighted by molar-refractivity contribution is -0.129. The number of para-hydroxylation sites is 1. The first-order chi connectivity index (χ1) is 19.5. The van der Waals surface area contributed by atoms with E-state index in [2.05, 4.69) is 10.2 Å². The lowest BCUT2D eigenvalue weighted by Crippen LogP contribution is -2.31. The van der Waals surface area contributed by atoms with E-state index < -0.39 is 9.84 Å². The van der Waals surface area contributed by atoms with Crippen LogP contribution in [0.5, 0.6) is 0 Å². The molecule has 0 N–H and O–H groups in total. The van der Waals surface area contributed by atoms with Gasteiger partial charge in [0.25, 0.3) is 0 Å². The van der Waals surface area contributed by atoms with Gasteiger partial charge in [-0.05, 0) is 35.4 Å². The zero-order chi connectivity index (χ0) is 27.8. The summed E-state index contributed by atoms with van der Waals surface area (Å²) in [7, 11) is -3.65. The van der Waals surface area contributed by atoms with E-state index in [9.17, 15) is 13.2 Å². The molecule has 0 spiro atoms. The van der Waals surface area contributed by atoms with Gasteiger partial charge in [0, 0.05) is 18.8 Å². The van der Waals surface area contributed by atoms with Crippen LogP contribution in [0.15, 0.2) is 131 Å². The molecule has 0 unspecified atom stereocenters. The predicted octanol–water partition coefficient (Wildman–Crippen LogP) is 5.56. The van der Waals surface area contributed by atoms with Crippen molar-refractivity contribution in [3.05, 3.63) is 138 Å². The average Bonchev–Trinajstić information content (AvgIpc) is 3.39. The van der Waals surface area contributed by atoms with Crippen LogP contribution in [0.3, 0.4) is 0 Å². The van der Waals surface area contributed by atoms with Crippen LogP contribution in [0.4, 0.5) is 0 Å². The number of carbonyl (C=O) groups excluding carboxylic acids is 1. The third-order valence-corrected chi connectivity index (χ3v) is 8.79. The molecule has 0 aliphatic rings. The van der Waals surface area contributed by atoms with Gasteiger partial charge >= 0.3 is 0 Å². The number of hydrogen-bond donors (Lipinski definition) is 0. The number of carbonyl (C=O) groups is 1.